The van der Waals surface area contributed by atoms with Crippen LogP contribution in [0.5, 0.6) is 5.75 Å². The zero-order valence-corrected chi connectivity index (χ0v) is 16.8. The molecule has 1 N–H and O–H groups in total. The van der Waals surface area contributed by atoms with Crippen molar-refractivity contribution in [3.05, 3.63) is 52.9 Å². The molecule has 10 heteroatoms. The van der Waals surface area contributed by atoms with Crippen molar-refractivity contribution in [1.29, 1.82) is 0 Å². The van der Waals surface area contributed by atoms with Crippen LogP contribution in [0.2, 0.25) is 0 Å². The Kier molecular flexibility index (Phi) is 8.56. The maximum Gasteiger partial charge on any atom is 0.573 e. The van der Waals surface area contributed by atoms with Gasteiger partial charge in [-0.2, -0.15) is 13.2 Å². The van der Waals surface area contributed by atoms with E-state index in [1.807, 2.05) is 27.7 Å². The topological polar surface area (TPSA) is 47.0 Å². The third-order valence-electron chi connectivity index (χ3n) is 3.53. The van der Waals surface area contributed by atoms with E-state index in [4.69, 9.17) is 0 Å². The minimum absolute atomic E-state index is 0. The number of hydrogen-bond donors (Lipinski definition) is 1. The van der Waals surface area contributed by atoms with Crippen molar-refractivity contribution < 1.29 is 32.5 Å². The van der Waals surface area contributed by atoms with Gasteiger partial charge < -0.3 is 9.72 Å². The fourth-order valence-corrected chi connectivity index (χ4v) is 2.52. The van der Waals surface area contributed by atoms with E-state index in [0.717, 1.165) is 12.1 Å². The fraction of sp³-hybridized carbons (Fsp3) is 0.350. The Morgan fingerprint density at radius 3 is 1.93 bits per heavy atom. The summed E-state index contributed by atoms with van der Waals surface area (Å²) in [5.74, 6) is -0.419. The molecular weight excluding hydrogens is 414 g/mol. The number of aromatic nitrogens is 2. The van der Waals surface area contributed by atoms with Crippen LogP contribution >= 0.6 is 0 Å². The number of H-pyrrole nitrogens is 1. The quantitative estimate of drug-likeness (QED) is 0.460. The Bertz CT molecular complexity index is 992. The zero-order chi connectivity index (χ0) is 23.1. The van der Waals surface area contributed by atoms with Crippen molar-refractivity contribution in [3.63, 3.8) is 0 Å². The van der Waals surface area contributed by atoms with Gasteiger partial charge in [-0.05, 0) is 35.4 Å². The number of ether oxygens (including phenoxy) is 1. The molecule has 168 valence electrons. The highest BCUT2D eigenvalue weighted by atomic mass is 19.4. The van der Waals surface area contributed by atoms with Gasteiger partial charge in [-0.3, -0.25) is 4.57 Å². The lowest BCUT2D eigenvalue weighted by atomic mass is 10.0. The monoisotopic (exact) mass is 438 g/mol. The second-order valence-electron chi connectivity index (χ2n) is 5.44. The largest absolute Gasteiger partial charge is 0.573 e. The third-order valence-corrected chi connectivity index (χ3v) is 3.53. The molecule has 3 rings (SSSR count). The van der Waals surface area contributed by atoms with Crippen molar-refractivity contribution in [2.75, 3.05) is 0 Å². The molecule has 0 amide bonds. The molecule has 1 aromatic heterocycles. The summed E-state index contributed by atoms with van der Waals surface area (Å²) in [6.45, 7) is 6.55. The molecule has 0 aliphatic heterocycles. The highest BCUT2D eigenvalue weighted by Crippen LogP contribution is 2.28. The lowest BCUT2D eigenvalue weighted by Gasteiger charge is -2.10. The first kappa shape index (κ1) is 25.1. The summed E-state index contributed by atoms with van der Waals surface area (Å²) < 4.78 is 78.8. The second kappa shape index (κ2) is 10.2. The van der Waals surface area contributed by atoms with Gasteiger partial charge in [-0.1, -0.05) is 45.9 Å². The molecule has 0 spiro atoms. The van der Waals surface area contributed by atoms with E-state index in [-0.39, 0.29) is 12.5 Å². The van der Waals surface area contributed by atoms with Gasteiger partial charge >= 0.3 is 18.2 Å². The van der Waals surface area contributed by atoms with Gasteiger partial charge in [0.2, 0.25) is 0 Å². The van der Waals surface area contributed by atoms with E-state index in [1.54, 1.807) is 0 Å². The van der Waals surface area contributed by atoms with Crippen LogP contribution in [0.4, 0.5) is 26.3 Å². The summed E-state index contributed by atoms with van der Waals surface area (Å²) in [6, 6.07) is 9.18. The van der Waals surface area contributed by atoms with E-state index in [2.05, 4.69) is 9.72 Å². The van der Waals surface area contributed by atoms with Crippen LogP contribution in [0.3, 0.4) is 0 Å². The molecule has 1 heterocycles. The van der Waals surface area contributed by atoms with Gasteiger partial charge in [0, 0.05) is 1.43 Å². The van der Waals surface area contributed by atoms with Crippen molar-refractivity contribution in [3.8, 4) is 16.9 Å². The summed E-state index contributed by atoms with van der Waals surface area (Å²) in [5.41, 5.74) is 0.253. The molecule has 0 atom stereocenters. The molecule has 30 heavy (non-hydrogen) atoms. The van der Waals surface area contributed by atoms with Crippen LogP contribution < -0.4 is 10.4 Å². The molecular formula is C20H24F6N2O2. The number of rotatable bonds is 3. The first-order valence-corrected chi connectivity index (χ1v) is 9.17. The number of alkyl halides is 6. The van der Waals surface area contributed by atoms with E-state index in [9.17, 15) is 31.1 Å². The summed E-state index contributed by atoms with van der Waals surface area (Å²) in [6.07, 6.45) is -9.40. The summed E-state index contributed by atoms with van der Waals surface area (Å²) in [5, 5.41) is 0. The Labute approximate surface area is 170 Å². The van der Waals surface area contributed by atoms with Crippen LogP contribution in [-0.4, -0.2) is 22.1 Å². The summed E-state index contributed by atoms with van der Waals surface area (Å²) in [7, 11) is 0. The van der Waals surface area contributed by atoms with Crippen LogP contribution in [0, 0.1) is 0 Å². The average molecular weight is 438 g/mol. The van der Waals surface area contributed by atoms with Gasteiger partial charge in [-0.25, -0.2) is 4.79 Å². The van der Waals surface area contributed by atoms with Crippen LogP contribution in [0.25, 0.3) is 22.2 Å². The molecule has 0 aliphatic carbocycles. The molecule has 0 unspecified atom stereocenters. The molecule has 0 radical (unpaired) electrons. The summed E-state index contributed by atoms with van der Waals surface area (Å²) >= 11 is 0. The van der Waals surface area contributed by atoms with Gasteiger partial charge in [0.15, 0.2) is 0 Å². The van der Waals surface area contributed by atoms with Crippen molar-refractivity contribution >= 4 is 11.0 Å². The maximum absolute atomic E-state index is 12.7. The lowest BCUT2D eigenvalue weighted by molar-refractivity contribution is -0.274. The summed E-state index contributed by atoms with van der Waals surface area (Å²) in [4.78, 5) is 14.1. The Morgan fingerprint density at radius 1 is 0.900 bits per heavy atom. The van der Waals surface area contributed by atoms with Gasteiger partial charge in [0.05, 0.1) is 11.0 Å². The normalized spacial score (nSPS) is 11.3. The number of nitrogens with zero attached hydrogens (tertiary/aromatic N) is 1. The van der Waals surface area contributed by atoms with E-state index >= 15 is 0 Å². The SMILES string of the molecule is CC.CC.O=c1[nH]c2ccc(-c3ccc(OC(F)(F)F)cc3)cc2n1CC(F)(F)F.[HH]. The van der Waals surface area contributed by atoms with Gasteiger partial charge in [-0.15, -0.1) is 13.2 Å². The minimum atomic E-state index is -4.82. The van der Waals surface area contributed by atoms with Crippen molar-refractivity contribution in [2.24, 2.45) is 0 Å². The molecule has 3 aromatic rings. The van der Waals surface area contributed by atoms with Crippen LogP contribution in [0.15, 0.2) is 47.3 Å². The lowest BCUT2D eigenvalue weighted by Crippen LogP contribution is -2.26. The first-order chi connectivity index (χ1) is 14.0. The van der Waals surface area contributed by atoms with Crippen LogP contribution in [0.1, 0.15) is 29.1 Å². The number of fused-ring (bicyclic) bond motifs is 1. The number of imidazole rings is 1. The molecule has 2 aromatic carbocycles. The van der Waals surface area contributed by atoms with Gasteiger partial charge in [0.25, 0.3) is 0 Å². The van der Waals surface area contributed by atoms with E-state index in [1.165, 1.54) is 30.3 Å². The van der Waals surface area contributed by atoms with E-state index in [0.29, 0.717) is 15.7 Å². The molecule has 0 fully saturated rings. The Hall–Kier alpha value is -2.91. The molecule has 0 bridgehead atoms. The highest BCUT2D eigenvalue weighted by Gasteiger charge is 2.31. The molecule has 0 saturated carbocycles. The van der Waals surface area contributed by atoms with Crippen molar-refractivity contribution in [2.45, 2.75) is 46.8 Å². The average Bonchev–Trinajstić information content (AvgIpc) is 2.98. The highest BCUT2D eigenvalue weighted by molar-refractivity contribution is 5.82. The number of benzene rings is 2. The van der Waals surface area contributed by atoms with Crippen molar-refractivity contribution in [1.82, 2.24) is 9.55 Å². The molecule has 0 aliphatic rings. The maximum atomic E-state index is 12.7. The number of halogens is 6. The first-order valence-electron chi connectivity index (χ1n) is 9.17. The zero-order valence-electron chi connectivity index (χ0n) is 16.8. The predicted molar refractivity (Wildman–Crippen MR) is 106 cm³/mol. The smallest absolute Gasteiger partial charge is 0.406 e. The third kappa shape index (κ3) is 6.85. The predicted octanol–water partition coefficient (Wildman–Crippen LogP) is 6.76. The van der Waals surface area contributed by atoms with Crippen LogP contribution in [-0.2, 0) is 6.54 Å². The molecule has 0 saturated heterocycles. The number of aromatic amines is 1. The number of nitrogens with one attached hydrogen (secondary N) is 1. The fourth-order valence-electron chi connectivity index (χ4n) is 2.52. The standard InChI is InChI=1S/C16H10F6N2O2.2C2H6.H2/c17-15(18,19)8-24-13-7-10(3-6-12(13)23-14(24)25)9-1-4-11(5-2-9)26-16(20,21)22;2*1-2;/h1-7H,8H2,(H,23,25);2*1-2H3;1H. The Balaban J connectivity index is 0.00000170. The number of hydrogen-bond acceptors (Lipinski definition) is 2. The second-order valence-corrected chi connectivity index (χ2v) is 5.44. The Morgan fingerprint density at radius 2 is 1.43 bits per heavy atom. The molecule has 4 nitrogen and oxygen atoms in total. The van der Waals surface area contributed by atoms with E-state index < -0.39 is 30.5 Å². The van der Waals surface area contributed by atoms with Gasteiger partial charge in [0.1, 0.15) is 12.3 Å². The minimum Gasteiger partial charge on any atom is -0.406 e.